The Labute approximate surface area is 139 Å². The summed E-state index contributed by atoms with van der Waals surface area (Å²) in [7, 11) is 1.80. The van der Waals surface area contributed by atoms with Crippen LogP contribution >= 0.6 is 11.3 Å². The molecule has 3 heterocycles. The van der Waals surface area contributed by atoms with Gasteiger partial charge in [0.25, 0.3) is 5.91 Å². The number of rotatable bonds is 4. The summed E-state index contributed by atoms with van der Waals surface area (Å²) in [6, 6.07) is 7.42. The fraction of sp³-hybridized carbons (Fsp3) is 0.412. The third-order valence-electron chi connectivity index (χ3n) is 4.21. The van der Waals surface area contributed by atoms with Gasteiger partial charge in [-0.2, -0.15) is 0 Å². The summed E-state index contributed by atoms with van der Waals surface area (Å²) < 4.78 is 5.29. The number of likely N-dealkylation sites (tertiary alicyclic amines) is 1. The average Bonchev–Trinajstić information content (AvgIpc) is 3.27. The quantitative estimate of drug-likeness (QED) is 0.865. The van der Waals surface area contributed by atoms with Crippen molar-refractivity contribution in [1.29, 1.82) is 0 Å². The molecule has 6 heteroatoms. The summed E-state index contributed by atoms with van der Waals surface area (Å²) in [6.07, 6.45) is 3.05. The molecule has 0 N–H and O–H groups in total. The molecule has 5 nitrogen and oxygen atoms in total. The Morgan fingerprint density at radius 2 is 2.09 bits per heavy atom. The maximum atomic E-state index is 12.5. The molecule has 0 radical (unpaired) electrons. The maximum Gasteiger partial charge on any atom is 0.263 e. The van der Waals surface area contributed by atoms with Gasteiger partial charge in [0, 0.05) is 26.1 Å². The Morgan fingerprint density at radius 1 is 1.30 bits per heavy atom. The normalized spacial score (nSPS) is 15.6. The maximum absolute atomic E-state index is 12.5. The van der Waals surface area contributed by atoms with E-state index >= 15 is 0 Å². The van der Waals surface area contributed by atoms with Crippen LogP contribution in [0.2, 0.25) is 0 Å². The van der Waals surface area contributed by atoms with Gasteiger partial charge in [0.05, 0.1) is 17.7 Å². The highest BCUT2D eigenvalue weighted by Gasteiger charge is 2.29. The predicted octanol–water partition coefficient (Wildman–Crippen LogP) is 2.85. The van der Waals surface area contributed by atoms with Crippen LogP contribution in [0.15, 0.2) is 40.3 Å². The number of hydrogen-bond donors (Lipinski definition) is 0. The van der Waals surface area contributed by atoms with Gasteiger partial charge in [-0.05, 0) is 36.4 Å². The topological polar surface area (TPSA) is 53.8 Å². The Balaban J connectivity index is 1.52. The molecule has 1 fully saturated rings. The van der Waals surface area contributed by atoms with Crippen LogP contribution in [-0.2, 0) is 11.3 Å². The highest BCUT2D eigenvalue weighted by Crippen LogP contribution is 2.22. The zero-order valence-electron chi connectivity index (χ0n) is 13.1. The molecule has 1 aliphatic rings. The van der Waals surface area contributed by atoms with Gasteiger partial charge in [0.1, 0.15) is 5.76 Å². The number of carbonyl (C=O) groups is 2. The molecular weight excluding hydrogens is 312 g/mol. The Hall–Kier alpha value is -2.08. The van der Waals surface area contributed by atoms with Crippen molar-refractivity contribution >= 4 is 23.2 Å². The van der Waals surface area contributed by atoms with Gasteiger partial charge in [-0.3, -0.25) is 9.59 Å². The second kappa shape index (κ2) is 7.00. The summed E-state index contributed by atoms with van der Waals surface area (Å²) in [5.41, 5.74) is 0. The molecule has 2 aromatic rings. The van der Waals surface area contributed by atoms with E-state index in [0.717, 1.165) is 23.5 Å². The monoisotopic (exact) mass is 332 g/mol. The number of carbonyl (C=O) groups excluding carboxylic acids is 2. The number of amides is 2. The van der Waals surface area contributed by atoms with Gasteiger partial charge in [-0.15, -0.1) is 11.3 Å². The summed E-state index contributed by atoms with van der Waals surface area (Å²) in [5.74, 6) is 0.980. The molecule has 0 unspecified atom stereocenters. The Morgan fingerprint density at radius 3 is 2.70 bits per heavy atom. The Bertz CT molecular complexity index is 643. The number of furan rings is 1. The van der Waals surface area contributed by atoms with E-state index in [9.17, 15) is 9.59 Å². The molecule has 0 atom stereocenters. The van der Waals surface area contributed by atoms with Crippen molar-refractivity contribution in [2.75, 3.05) is 20.1 Å². The largest absolute Gasteiger partial charge is 0.467 e. The van der Waals surface area contributed by atoms with E-state index in [1.807, 2.05) is 34.5 Å². The van der Waals surface area contributed by atoms with E-state index in [0.29, 0.717) is 19.6 Å². The molecule has 2 amide bonds. The number of hydrogen-bond acceptors (Lipinski definition) is 4. The van der Waals surface area contributed by atoms with E-state index in [1.54, 1.807) is 18.2 Å². The minimum atomic E-state index is -0.0117. The first-order valence-corrected chi connectivity index (χ1v) is 8.63. The van der Waals surface area contributed by atoms with Gasteiger partial charge >= 0.3 is 0 Å². The minimum Gasteiger partial charge on any atom is -0.467 e. The molecule has 0 aliphatic carbocycles. The first kappa shape index (κ1) is 15.8. The van der Waals surface area contributed by atoms with Crippen LogP contribution < -0.4 is 0 Å². The van der Waals surface area contributed by atoms with Crippen LogP contribution in [0.4, 0.5) is 0 Å². The first-order valence-electron chi connectivity index (χ1n) is 7.75. The van der Waals surface area contributed by atoms with Gasteiger partial charge in [-0.25, -0.2) is 0 Å². The highest BCUT2D eigenvalue weighted by molar-refractivity contribution is 7.12. The second-order valence-corrected chi connectivity index (χ2v) is 6.77. The lowest BCUT2D eigenvalue weighted by Crippen LogP contribution is -2.43. The predicted molar refractivity (Wildman–Crippen MR) is 88.1 cm³/mol. The van der Waals surface area contributed by atoms with Crippen molar-refractivity contribution in [3.8, 4) is 0 Å². The molecule has 0 spiro atoms. The lowest BCUT2D eigenvalue weighted by atomic mass is 9.95. The van der Waals surface area contributed by atoms with E-state index in [2.05, 4.69) is 0 Å². The van der Waals surface area contributed by atoms with Gasteiger partial charge < -0.3 is 14.2 Å². The van der Waals surface area contributed by atoms with Crippen LogP contribution in [0.1, 0.15) is 28.3 Å². The van der Waals surface area contributed by atoms with Crippen molar-refractivity contribution in [3.63, 3.8) is 0 Å². The zero-order chi connectivity index (χ0) is 16.2. The van der Waals surface area contributed by atoms with Crippen molar-refractivity contribution in [2.45, 2.75) is 19.4 Å². The third-order valence-corrected chi connectivity index (χ3v) is 5.07. The van der Waals surface area contributed by atoms with E-state index < -0.39 is 0 Å². The smallest absolute Gasteiger partial charge is 0.263 e. The molecule has 122 valence electrons. The van der Waals surface area contributed by atoms with Crippen molar-refractivity contribution in [3.05, 3.63) is 46.5 Å². The van der Waals surface area contributed by atoms with Crippen LogP contribution in [0.25, 0.3) is 0 Å². The zero-order valence-corrected chi connectivity index (χ0v) is 13.9. The van der Waals surface area contributed by atoms with Crippen molar-refractivity contribution in [2.24, 2.45) is 5.92 Å². The summed E-state index contributed by atoms with van der Waals surface area (Å²) in [4.78, 5) is 29.1. The van der Waals surface area contributed by atoms with E-state index in [4.69, 9.17) is 4.42 Å². The van der Waals surface area contributed by atoms with Crippen LogP contribution in [-0.4, -0.2) is 41.8 Å². The lowest BCUT2D eigenvalue weighted by molar-refractivity contribution is -0.136. The standard InChI is InChI=1S/C17H20N2O3S/c1-18(12-14-4-2-10-22-14)16(20)13-6-8-19(9-7-13)17(21)15-5-3-11-23-15/h2-5,10-11,13H,6-9,12H2,1H3. The number of thiophene rings is 1. The highest BCUT2D eigenvalue weighted by atomic mass is 32.1. The third kappa shape index (κ3) is 3.64. The summed E-state index contributed by atoms with van der Waals surface area (Å²) >= 11 is 1.46. The lowest BCUT2D eigenvalue weighted by Gasteiger charge is -2.32. The Kier molecular flexibility index (Phi) is 4.81. The molecule has 0 bridgehead atoms. The van der Waals surface area contributed by atoms with Crippen LogP contribution in [0.3, 0.4) is 0 Å². The minimum absolute atomic E-state index is 0.0117. The molecule has 0 aromatic carbocycles. The van der Waals surface area contributed by atoms with Crippen molar-refractivity contribution in [1.82, 2.24) is 9.80 Å². The van der Waals surface area contributed by atoms with Gasteiger partial charge in [-0.1, -0.05) is 6.07 Å². The fourth-order valence-electron chi connectivity index (χ4n) is 2.91. The summed E-state index contributed by atoms with van der Waals surface area (Å²) in [5, 5.41) is 1.91. The summed E-state index contributed by atoms with van der Waals surface area (Å²) in [6.45, 7) is 1.77. The fourth-order valence-corrected chi connectivity index (χ4v) is 3.60. The number of piperidine rings is 1. The molecule has 0 saturated carbocycles. The first-order chi connectivity index (χ1) is 11.1. The SMILES string of the molecule is CN(Cc1ccco1)C(=O)C1CCN(C(=O)c2cccs2)CC1. The molecule has 1 saturated heterocycles. The van der Waals surface area contributed by atoms with Crippen LogP contribution in [0, 0.1) is 5.92 Å². The molecule has 2 aromatic heterocycles. The van der Waals surface area contributed by atoms with E-state index in [-0.39, 0.29) is 17.7 Å². The molecular formula is C17H20N2O3S. The average molecular weight is 332 g/mol. The molecule has 23 heavy (non-hydrogen) atoms. The second-order valence-electron chi connectivity index (χ2n) is 5.82. The van der Waals surface area contributed by atoms with E-state index in [1.165, 1.54) is 11.3 Å². The molecule has 1 aliphatic heterocycles. The number of nitrogens with zero attached hydrogens (tertiary/aromatic N) is 2. The molecule has 3 rings (SSSR count). The van der Waals surface area contributed by atoms with Crippen LogP contribution in [0.5, 0.6) is 0 Å². The van der Waals surface area contributed by atoms with Gasteiger partial charge in [0.15, 0.2) is 0 Å². The van der Waals surface area contributed by atoms with Crippen molar-refractivity contribution < 1.29 is 14.0 Å². The van der Waals surface area contributed by atoms with Gasteiger partial charge in [0.2, 0.25) is 5.91 Å².